The van der Waals surface area contributed by atoms with E-state index >= 15 is 0 Å². The van der Waals surface area contributed by atoms with Crippen molar-refractivity contribution in [2.45, 2.75) is 45.6 Å². The predicted molar refractivity (Wildman–Crippen MR) is 79.0 cm³/mol. The minimum absolute atomic E-state index is 0.477. The second kappa shape index (κ2) is 6.58. The fourth-order valence-electron chi connectivity index (χ4n) is 3.26. The average molecular weight is 266 g/mol. The highest BCUT2D eigenvalue weighted by Gasteiger charge is 2.30. The molecule has 0 amide bonds. The first kappa shape index (κ1) is 13.9. The first-order valence-corrected chi connectivity index (χ1v) is 7.61. The van der Waals surface area contributed by atoms with E-state index in [9.17, 15) is 0 Å². The summed E-state index contributed by atoms with van der Waals surface area (Å²) in [5, 5.41) is 4.50. The normalized spacial score (nSPS) is 25.3. The number of hydrogen-bond acceptors (Lipinski definition) is 1. The van der Waals surface area contributed by atoms with Crippen molar-refractivity contribution in [3.05, 3.63) is 34.9 Å². The van der Waals surface area contributed by atoms with Gasteiger partial charge in [-0.2, -0.15) is 0 Å². The van der Waals surface area contributed by atoms with E-state index in [1.807, 2.05) is 6.07 Å². The molecule has 3 atom stereocenters. The summed E-state index contributed by atoms with van der Waals surface area (Å²) in [6, 6.07) is 8.82. The molecule has 1 saturated carbocycles. The van der Waals surface area contributed by atoms with Crippen molar-refractivity contribution in [2.24, 2.45) is 11.8 Å². The molecule has 1 N–H and O–H groups in total. The van der Waals surface area contributed by atoms with E-state index in [4.69, 9.17) is 11.6 Å². The fraction of sp³-hybridized carbons (Fsp3) is 0.625. The van der Waals surface area contributed by atoms with E-state index in [2.05, 4.69) is 37.4 Å². The largest absolute Gasteiger partial charge is 0.310 e. The minimum Gasteiger partial charge on any atom is -0.310 e. The molecule has 0 saturated heterocycles. The Morgan fingerprint density at radius 3 is 2.78 bits per heavy atom. The van der Waals surface area contributed by atoms with Crippen LogP contribution in [0.2, 0.25) is 5.02 Å². The summed E-state index contributed by atoms with van der Waals surface area (Å²) in [5.74, 6) is 1.70. The Hall–Kier alpha value is -0.530. The molecule has 1 nitrogen and oxygen atoms in total. The molecule has 1 aliphatic rings. The maximum absolute atomic E-state index is 6.12. The van der Waals surface area contributed by atoms with Gasteiger partial charge in [0.2, 0.25) is 0 Å². The lowest BCUT2D eigenvalue weighted by Crippen LogP contribution is -2.27. The summed E-state index contributed by atoms with van der Waals surface area (Å²) in [7, 11) is 0. The fourth-order valence-corrected chi connectivity index (χ4v) is 3.46. The van der Waals surface area contributed by atoms with Crippen LogP contribution in [-0.4, -0.2) is 6.54 Å². The van der Waals surface area contributed by atoms with Gasteiger partial charge in [0.05, 0.1) is 0 Å². The highest BCUT2D eigenvalue weighted by Crippen LogP contribution is 2.40. The van der Waals surface area contributed by atoms with Crippen LogP contribution in [0.3, 0.4) is 0 Å². The molecule has 100 valence electrons. The molecule has 2 rings (SSSR count). The lowest BCUT2D eigenvalue weighted by molar-refractivity contribution is 0.359. The van der Waals surface area contributed by atoms with Crippen LogP contribution in [0.25, 0.3) is 0 Å². The highest BCUT2D eigenvalue weighted by atomic mass is 35.5. The quantitative estimate of drug-likeness (QED) is 0.805. The van der Waals surface area contributed by atoms with Crippen LogP contribution in [-0.2, 0) is 0 Å². The molecule has 1 aromatic carbocycles. The number of rotatable bonds is 5. The Balaban J connectivity index is 2.13. The standard InChI is InChI=1S/C16H24ClN/c1-3-12-8-9-14(10-12)16(18-4-2)13-6-5-7-15(17)11-13/h5-7,11-12,14,16,18H,3-4,8-10H2,1-2H3. The van der Waals surface area contributed by atoms with Crippen LogP contribution in [0, 0.1) is 11.8 Å². The van der Waals surface area contributed by atoms with Gasteiger partial charge in [-0.05, 0) is 48.9 Å². The molecule has 0 aromatic heterocycles. The monoisotopic (exact) mass is 265 g/mol. The summed E-state index contributed by atoms with van der Waals surface area (Å²) in [4.78, 5) is 0. The summed E-state index contributed by atoms with van der Waals surface area (Å²) >= 11 is 6.12. The van der Waals surface area contributed by atoms with Gasteiger partial charge in [-0.15, -0.1) is 0 Å². The van der Waals surface area contributed by atoms with Gasteiger partial charge in [0.1, 0.15) is 0 Å². The van der Waals surface area contributed by atoms with Gasteiger partial charge >= 0.3 is 0 Å². The molecule has 0 radical (unpaired) electrons. The SMILES string of the molecule is CCNC(c1cccc(Cl)c1)C1CCC(CC)C1. The van der Waals surface area contributed by atoms with Gasteiger partial charge in [0.15, 0.2) is 0 Å². The van der Waals surface area contributed by atoms with E-state index in [0.29, 0.717) is 6.04 Å². The summed E-state index contributed by atoms with van der Waals surface area (Å²) in [6.45, 7) is 5.52. The molecule has 1 aliphatic carbocycles. The molecule has 1 fully saturated rings. The van der Waals surface area contributed by atoms with Crippen LogP contribution in [0.15, 0.2) is 24.3 Å². The Bertz CT molecular complexity index is 377. The molecule has 2 heteroatoms. The van der Waals surface area contributed by atoms with Crippen molar-refractivity contribution in [1.29, 1.82) is 0 Å². The lowest BCUT2D eigenvalue weighted by atomic mass is 9.90. The maximum atomic E-state index is 6.12. The van der Waals surface area contributed by atoms with E-state index < -0.39 is 0 Å². The molecular formula is C16H24ClN. The smallest absolute Gasteiger partial charge is 0.0409 e. The van der Waals surface area contributed by atoms with Crippen LogP contribution in [0.5, 0.6) is 0 Å². The number of nitrogens with one attached hydrogen (secondary N) is 1. The van der Waals surface area contributed by atoms with Crippen molar-refractivity contribution in [1.82, 2.24) is 5.32 Å². The van der Waals surface area contributed by atoms with Crippen LogP contribution < -0.4 is 5.32 Å². The van der Waals surface area contributed by atoms with Gasteiger partial charge in [-0.1, -0.05) is 50.4 Å². The van der Waals surface area contributed by atoms with Crippen LogP contribution in [0.4, 0.5) is 0 Å². The maximum Gasteiger partial charge on any atom is 0.0409 e. The van der Waals surface area contributed by atoms with Gasteiger partial charge in [0.25, 0.3) is 0 Å². The van der Waals surface area contributed by atoms with Crippen molar-refractivity contribution < 1.29 is 0 Å². The predicted octanol–water partition coefficient (Wildman–Crippen LogP) is 4.82. The second-order valence-corrected chi connectivity index (χ2v) is 5.87. The Labute approximate surface area is 116 Å². The third-order valence-electron chi connectivity index (χ3n) is 4.26. The Kier molecular flexibility index (Phi) is 5.08. The van der Waals surface area contributed by atoms with Crippen LogP contribution >= 0.6 is 11.6 Å². The molecule has 0 bridgehead atoms. The zero-order valence-corrected chi connectivity index (χ0v) is 12.2. The highest BCUT2D eigenvalue weighted by molar-refractivity contribution is 6.30. The Morgan fingerprint density at radius 1 is 1.33 bits per heavy atom. The molecule has 0 aliphatic heterocycles. The molecule has 18 heavy (non-hydrogen) atoms. The topological polar surface area (TPSA) is 12.0 Å². The summed E-state index contributed by atoms with van der Waals surface area (Å²) in [5.41, 5.74) is 1.35. The molecule has 1 aromatic rings. The van der Waals surface area contributed by atoms with E-state index in [-0.39, 0.29) is 0 Å². The van der Waals surface area contributed by atoms with Crippen molar-refractivity contribution in [3.63, 3.8) is 0 Å². The lowest BCUT2D eigenvalue weighted by Gasteiger charge is -2.25. The molecule has 0 spiro atoms. The third-order valence-corrected chi connectivity index (χ3v) is 4.50. The van der Waals surface area contributed by atoms with Gasteiger partial charge in [-0.25, -0.2) is 0 Å². The third kappa shape index (κ3) is 3.27. The molecule has 0 heterocycles. The Morgan fingerprint density at radius 2 is 2.17 bits per heavy atom. The van der Waals surface area contributed by atoms with Gasteiger partial charge < -0.3 is 5.32 Å². The van der Waals surface area contributed by atoms with E-state index in [1.54, 1.807) is 0 Å². The van der Waals surface area contributed by atoms with E-state index in [1.165, 1.54) is 31.2 Å². The zero-order chi connectivity index (χ0) is 13.0. The molecular weight excluding hydrogens is 242 g/mol. The average Bonchev–Trinajstić information content (AvgIpc) is 2.84. The number of benzene rings is 1. The first-order chi connectivity index (χ1) is 8.74. The second-order valence-electron chi connectivity index (χ2n) is 5.44. The summed E-state index contributed by atoms with van der Waals surface area (Å²) in [6.07, 6.45) is 5.43. The van der Waals surface area contributed by atoms with Gasteiger partial charge in [0, 0.05) is 11.1 Å². The summed E-state index contributed by atoms with van der Waals surface area (Å²) < 4.78 is 0. The van der Waals surface area contributed by atoms with Crippen molar-refractivity contribution in [2.75, 3.05) is 6.54 Å². The van der Waals surface area contributed by atoms with Gasteiger partial charge in [-0.3, -0.25) is 0 Å². The van der Waals surface area contributed by atoms with Crippen molar-refractivity contribution in [3.8, 4) is 0 Å². The van der Waals surface area contributed by atoms with E-state index in [0.717, 1.165) is 23.4 Å². The van der Waals surface area contributed by atoms with Crippen LogP contribution in [0.1, 0.15) is 51.1 Å². The minimum atomic E-state index is 0.477. The number of halogens is 1. The first-order valence-electron chi connectivity index (χ1n) is 7.23. The number of hydrogen-bond donors (Lipinski definition) is 1. The van der Waals surface area contributed by atoms with Crippen molar-refractivity contribution >= 4 is 11.6 Å². The zero-order valence-electron chi connectivity index (χ0n) is 11.5. The molecule has 3 unspecified atom stereocenters.